The van der Waals surface area contributed by atoms with Crippen molar-refractivity contribution >= 4 is 40.8 Å². The normalized spacial score (nSPS) is 14.3. The minimum atomic E-state index is -0.977. The van der Waals surface area contributed by atoms with Crippen molar-refractivity contribution in [1.82, 2.24) is 4.90 Å². The monoisotopic (exact) mass is 452 g/mol. The van der Waals surface area contributed by atoms with Crippen LogP contribution in [-0.2, 0) is 19.1 Å². The molecule has 0 spiro atoms. The second kappa shape index (κ2) is 10.6. The van der Waals surface area contributed by atoms with Crippen LogP contribution >= 0.6 is 0 Å². The number of carbonyl (C=O) groups is 4. The minimum Gasteiger partial charge on any atom is -0.449 e. The highest BCUT2D eigenvalue weighted by atomic mass is 16.5. The first-order valence-corrected chi connectivity index (χ1v) is 10.7. The molecule has 1 aliphatic rings. The molecular formula is C24H28N4O5. The summed E-state index contributed by atoms with van der Waals surface area (Å²) in [6.45, 7) is 6.64. The lowest BCUT2D eigenvalue weighted by Crippen LogP contribution is -2.51. The predicted octanol–water partition coefficient (Wildman–Crippen LogP) is 2.50. The predicted molar refractivity (Wildman–Crippen MR) is 125 cm³/mol. The van der Waals surface area contributed by atoms with Crippen LogP contribution in [0.3, 0.4) is 0 Å². The third kappa shape index (κ3) is 6.55. The molecule has 0 bridgehead atoms. The summed E-state index contributed by atoms with van der Waals surface area (Å²) < 4.78 is 5.41. The average Bonchev–Trinajstić information content (AvgIpc) is 2.78. The molecule has 0 aromatic heterocycles. The number of hydrogen-bond acceptors (Lipinski definition) is 6. The second-order valence-electron chi connectivity index (χ2n) is 7.86. The van der Waals surface area contributed by atoms with E-state index in [9.17, 15) is 19.2 Å². The van der Waals surface area contributed by atoms with Crippen LogP contribution in [0, 0.1) is 0 Å². The van der Waals surface area contributed by atoms with E-state index in [1.165, 1.54) is 39.0 Å². The molecule has 0 unspecified atom stereocenters. The van der Waals surface area contributed by atoms with E-state index in [2.05, 4.69) is 15.5 Å². The standard InChI is InChI=1S/C24H28N4O5/c1-16(23(31)28-11-9-27(10-12-28)22-7-5-4-6-8-22)33-24(32)19-13-20(25-17(2)29)15-21(14-19)26-18(3)30/h4-8,13-16H,9-12H2,1-3H3,(H,25,29)(H,26,30)/t16-/m1/s1. The summed E-state index contributed by atoms with van der Waals surface area (Å²) in [6.07, 6.45) is -0.977. The first-order valence-electron chi connectivity index (χ1n) is 10.7. The van der Waals surface area contributed by atoms with E-state index >= 15 is 0 Å². The smallest absolute Gasteiger partial charge is 0.339 e. The van der Waals surface area contributed by atoms with Gasteiger partial charge in [0.15, 0.2) is 6.10 Å². The maximum Gasteiger partial charge on any atom is 0.339 e. The zero-order valence-corrected chi connectivity index (χ0v) is 19.0. The number of hydrogen-bond donors (Lipinski definition) is 2. The number of carbonyl (C=O) groups excluding carboxylic acids is 4. The van der Waals surface area contributed by atoms with Gasteiger partial charge >= 0.3 is 5.97 Å². The molecule has 33 heavy (non-hydrogen) atoms. The Morgan fingerprint density at radius 1 is 0.848 bits per heavy atom. The number of benzene rings is 2. The maximum atomic E-state index is 12.8. The largest absolute Gasteiger partial charge is 0.449 e. The Labute approximate surface area is 192 Å². The maximum absolute atomic E-state index is 12.8. The summed E-state index contributed by atoms with van der Waals surface area (Å²) in [7, 11) is 0. The lowest BCUT2D eigenvalue weighted by Gasteiger charge is -2.37. The molecule has 3 amide bonds. The molecule has 0 aliphatic carbocycles. The van der Waals surface area contributed by atoms with Crippen LogP contribution < -0.4 is 15.5 Å². The van der Waals surface area contributed by atoms with Gasteiger partial charge in [0.1, 0.15) is 0 Å². The van der Waals surface area contributed by atoms with Crippen molar-refractivity contribution in [2.75, 3.05) is 41.7 Å². The van der Waals surface area contributed by atoms with Crippen molar-refractivity contribution in [3.8, 4) is 0 Å². The molecule has 2 aromatic carbocycles. The van der Waals surface area contributed by atoms with E-state index < -0.39 is 12.1 Å². The Kier molecular flexibility index (Phi) is 7.66. The Balaban J connectivity index is 1.63. The highest BCUT2D eigenvalue weighted by Crippen LogP contribution is 2.21. The lowest BCUT2D eigenvalue weighted by molar-refractivity contribution is -0.140. The molecule has 174 valence electrons. The number of nitrogens with zero attached hydrogens (tertiary/aromatic N) is 2. The molecule has 1 fully saturated rings. The fraction of sp³-hybridized carbons (Fsp3) is 0.333. The van der Waals surface area contributed by atoms with Gasteiger partial charge in [-0.25, -0.2) is 4.79 Å². The molecule has 1 heterocycles. The van der Waals surface area contributed by atoms with Gasteiger partial charge in [-0.05, 0) is 37.3 Å². The number of esters is 1. The van der Waals surface area contributed by atoms with Crippen LogP contribution in [0.15, 0.2) is 48.5 Å². The van der Waals surface area contributed by atoms with Gasteiger partial charge in [0.2, 0.25) is 11.8 Å². The molecule has 2 aromatic rings. The number of rotatable bonds is 6. The van der Waals surface area contributed by atoms with Gasteiger partial charge in [0.05, 0.1) is 5.56 Å². The third-order valence-electron chi connectivity index (χ3n) is 5.15. The van der Waals surface area contributed by atoms with E-state index in [1.807, 2.05) is 30.3 Å². The first-order chi connectivity index (χ1) is 15.7. The molecule has 1 saturated heterocycles. The minimum absolute atomic E-state index is 0.110. The quantitative estimate of drug-likeness (QED) is 0.652. The van der Waals surface area contributed by atoms with Crippen molar-refractivity contribution < 1.29 is 23.9 Å². The summed E-state index contributed by atoms with van der Waals surface area (Å²) in [5.74, 6) is -1.64. The van der Waals surface area contributed by atoms with E-state index in [0.717, 1.165) is 5.69 Å². The van der Waals surface area contributed by atoms with Crippen LogP contribution in [0.4, 0.5) is 17.1 Å². The zero-order chi connectivity index (χ0) is 24.0. The topological polar surface area (TPSA) is 108 Å². The highest BCUT2D eigenvalue weighted by Gasteiger charge is 2.28. The molecule has 0 saturated carbocycles. The number of nitrogens with one attached hydrogen (secondary N) is 2. The Hall–Kier alpha value is -3.88. The van der Waals surface area contributed by atoms with Gasteiger partial charge in [0, 0.05) is 57.1 Å². The molecule has 9 nitrogen and oxygen atoms in total. The number of piperazine rings is 1. The Morgan fingerprint density at radius 2 is 1.39 bits per heavy atom. The van der Waals surface area contributed by atoms with Gasteiger partial charge in [-0.3, -0.25) is 14.4 Å². The molecule has 2 N–H and O–H groups in total. The van der Waals surface area contributed by atoms with E-state index in [0.29, 0.717) is 37.6 Å². The number of para-hydroxylation sites is 1. The molecular weight excluding hydrogens is 424 g/mol. The summed E-state index contributed by atoms with van der Waals surface area (Å²) >= 11 is 0. The van der Waals surface area contributed by atoms with E-state index in [4.69, 9.17) is 4.74 Å². The summed E-state index contributed by atoms with van der Waals surface area (Å²) in [6, 6.07) is 14.4. The van der Waals surface area contributed by atoms with Crippen molar-refractivity contribution in [2.24, 2.45) is 0 Å². The van der Waals surface area contributed by atoms with Gasteiger partial charge in [-0.2, -0.15) is 0 Å². The Morgan fingerprint density at radius 3 is 1.91 bits per heavy atom. The van der Waals surface area contributed by atoms with Crippen LogP contribution in [0.1, 0.15) is 31.1 Å². The zero-order valence-electron chi connectivity index (χ0n) is 19.0. The third-order valence-corrected chi connectivity index (χ3v) is 5.15. The SMILES string of the molecule is CC(=O)Nc1cc(NC(C)=O)cc(C(=O)O[C@H](C)C(=O)N2CCN(c3ccccc3)CC2)c1. The second-order valence-corrected chi connectivity index (χ2v) is 7.86. The van der Waals surface area contributed by atoms with Crippen LogP contribution in [0.2, 0.25) is 0 Å². The molecule has 0 radical (unpaired) electrons. The summed E-state index contributed by atoms with van der Waals surface area (Å²) in [5.41, 5.74) is 1.88. The van der Waals surface area contributed by atoms with Crippen LogP contribution in [0.25, 0.3) is 0 Å². The van der Waals surface area contributed by atoms with Gasteiger partial charge in [-0.15, -0.1) is 0 Å². The van der Waals surface area contributed by atoms with Gasteiger partial charge in [0.25, 0.3) is 5.91 Å². The molecule has 9 heteroatoms. The van der Waals surface area contributed by atoms with Crippen LogP contribution in [-0.4, -0.2) is 60.9 Å². The molecule has 1 atom stereocenters. The average molecular weight is 453 g/mol. The number of anilines is 3. The lowest BCUT2D eigenvalue weighted by atomic mass is 10.1. The summed E-state index contributed by atoms with van der Waals surface area (Å²) in [5, 5.41) is 5.16. The molecule has 1 aliphatic heterocycles. The van der Waals surface area contributed by atoms with Gasteiger partial charge < -0.3 is 25.2 Å². The fourth-order valence-corrected chi connectivity index (χ4v) is 3.66. The molecule has 3 rings (SSSR count). The Bertz CT molecular complexity index is 998. The van der Waals surface area contributed by atoms with Crippen LogP contribution in [0.5, 0.6) is 0 Å². The van der Waals surface area contributed by atoms with E-state index in [1.54, 1.807) is 4.90 Å². The summed E-state index contributed by atoms with van der Waals surface area (Å²) in [4.78, 5) is 52.3. The van der Waals surface area contributed by atoms with Crippen molar-refractivity contribution in [3.05, 3.63) is 54.1 Å². The first kappa shape index (κ1) is 23.8. The van der Waals surface area contributed by atoms with Crippen molar-refractivity contribution in [1.29, 1.82) is 0 Å². The van der Waals surface area contributed by atoms with E-state index in [-0.39, 0.29) is 23.3 Å². The van der Waals surface area contributed by atoms with Crippen molar-refractivity contribution in [2.45, 2.75) is 26.9 Å². The number of ether oxygens (including phenoxy) is 1. The number of amides is 3. The van der Waals surface area contributed by atoms with Crippen molar-refractivity contribution in [3.63, 3.8) is 0 Å². The van der Waals surface area contributed by atoms with Gasteiger partial charge in [-0.1, -0.05) is 18.2 Å². The highest BCUT2D eigenvalue weighted by molar-refractivity contribution is 5.98. The fourth-order valence-electron chi connectivity index (χ4n) is 3.66.